The van der Waals surface area contributed by atoms with Crippen molar-refractivity contribution in [3.63, 3.8) is 0 Å². The Hall–Kier alpha value is -2.16. The molecule has 0 saturated carbocycles. The lowest BCUT2D eigenvalue weighted by molar-refractivity contribution is 0.632. The van der Waals surface area contributed by atoms with Gasteiger partial charge in [0.1, 0.15) is 5.82 Å². The molecule has 1 aromatic heterocycles. The predicted molar refractivity (Wildman–Crippen MR) is 80.2 cm³/mol. The minimum Gasteiger partial charge on any atom is -0.275 e. The highest BCUT2D eigenvalue weighted by atomic mass is 19.1. The van der Waals surface area contributed by atoms with E-state index in [0.717, 1.165) is 10.9 Å². The Morgan fingerprint density at radius 3 is 2.45 bits per heavy atom. The van der Waals surface area contributed by atoms with Crippen molar-refractivity contribution < 1.29 is 4.39 Å². The van der Waals surface area contributed by atoms with Gasteiger partial charge in [-0.25, -0.2) is 4.39 Å². The summed E-state index contributed by atoms with van der Waals surface area (Å²) in [5.41, 5.74) is 3.47. The van der Waals surface area contributed by atoms with Crippen molar-refractivity contribution >= 4 is 10.9 Å². The molecular formula is C17H17FN2. The smallest absolute Gasteiger partial charge is 0.133 e. The molecule has 102 valence electrons. The highest BCUT2D eigenvalue weighted by molar-refractivity contribution is 5.84. The standard InChI is InChI=1S/C17H17FN2/c1-11(2)12-4-6-13(7-5-12)15-8-14-10-20(3)19-17(14)9-16(15)18/h4-11H,1-3H3. The summed E-state index contributed by atoms with van der Waals surface area (Å²) in [6.07, 6.45) is 1.90. The molecule has 0 bridgehead atoms. The molecule has 0 spiro atoms. The first-order valence-electron chi connectivity index (χ1n) is 6.78. The largest absolute Gasteiger partial charge is 0.275 e. The second-order valence-corrected chi connectivity index (χ2v) is 5.47. The first kappa shape index (κ1) is 12.9. The molecule has 0 unspecified atom stereocenters. The van der Waals surface area contributed by atoms with Gasteiger partial charge in [-0.15, -0.1) is 0 Å². The molecule has 0 aliphatic rings. The molecule has 0 aliphatic heterocycles. The third kappa shape index (κ3) is 2.20. The van der Waals surface area contributed by atoms with Gasteiger partial charge in [0, 0.05) is 30.3 Å². The minimum atomic E-state index is -0.228. The molecule has 2 aromatic carbocycles. The molecule has 0 amide bonds. The summed E-state index contributed by atoms with van der Waals surface area (Å²) in [4.78, 5) is 0. The van der Waals surface area contributed by atoms with E-state index in [-0.39, 0.29) is 5.82 Å². The van der Waals surface area contributed by atoms with Gasteiger partial charge in [-0.1, -0.05) is 38.1 Å². The van der Waals surface area contributed by atoms with Gasteiger partial charge in [0.15, 0.2) is 0 Å². The molecule has 0 aliphatic carbocycles. The van der Waals surface area contributed by atoms with E-state index >= 15 is 0 Å². The zero-order chi connectivity index (χ0) is 14.3. The van der Waals surface area contributed by atoms with E-state index in [2.05, 4.69) is 31.1 Å². The summed E-state index contributed by atoms with van der Waals surface area (Å²) < 4.78 is 15.9. The lowest BCUT2D eigenvalue weighted by Gasteiger charge is -2.08. The summed E-state index contributed by atoms with van der Waals surface area (Å²) in [7, 11) is 1.84. The highest BCUT2D eigenvalue weighted by Gasteiger charge is 2.09. The zero-order valence-corrected chi connectivity index (χ0v) is 11.9. The minimum absolute atomic E-state index is 0.228. The number of benzene rings is 2. The van der Waals surface area contributed by atoms with Crippen molar-refractivity contribution in [2.24, 2.45) is 7.05 Å². The van der Waals surface area contributed by atoms with Gasteiger partial charge in [-0.2, -0.15) is 5.10 Å². The first-order chi connectivity index (χ1) is 9.54. The molecule has 0 radical (unpaired) electrons. The molecule has 0 atom stereocenters. The van der Waals surface area contributed by atoms with Crippen LogP contribution in [-0.2, 0) is 7.05 Å². The molecule has 0 N–H and O–H groups in total. The van der Waals surface area contributed by atoms with Gasteiger partial charge in [-0.3, -0.25) is 4.68 Å². The van der Waals surface area contributed by atoms with E-state index in [1.165, 1.54) is 11.6 Å². The number of rotatable bonds is 2. The van der Waals surface area contributed by atoms with Gasteiger partial charge in [-0.05, 0) is 23.1 Å². The summed E-state index contributed by atoms with van der Waals surface area (Å²) in [5, 5.41) is 5.18. The van der Waals surface area contributed by atoms with E-state index in [4.69, 9.17) is 0 Å². The van der Waals surface area contributed by atoms with Crippen LogP contribution in [0.5, 0.6) is 0 Å². The van der Waals surface area contributed by atoms with Crippen molar-refractivity contribution in [1.29, 1.82) is 0 Å². The average molecular weight is 268 g/mol. The fourth-order valence-corrected chi connectivity index (χ4v) is 2.44. The number of hydrogen-bond donors (Lipinski definition) is 0. The Labute approximate surface area is 117 Å². The van der Waals surface area contributed by atoms with Gasteiger partial charge in [0.25, 0.3) is 0 Å². The fraction of sp³-hybridized carbons (Fsp3) is 0.235. The Balaban J connectivity index is 2.10. The Morgan fingerprint density at radius 1 is 1.10 bits per heavy atom. The third-order valence-corrected chi connectivity index (χ3v) is 3.60. The number of aryl methyl sites for hydroxylation is 1. The summed E-state index contributed by atoms with van der Waals surface area (Å²) in [6, 6.07) is 11.5. The van der Waals surface area contributed by atoms with Crippen molar-refractivity contribution in [3.8, 4) is 11.1 Å². The van der Waals surface area contributed by atoms with Gasteiger partial charge >= 0.3 is 0 Å². The molecule has 1 heterocycles. The maximum Gasteiger partial charge on any atom is 0.133 e. The number of fused-ring (bicyclic) bond motifs is 1. The Bertz CT molecular complexity index is 755. The zero-order valence-electron chi connectivity index (χ0n) is 11.9. The summed E-state index contributed by atoms with van der Waals surface area (Å²) in [6.45, 7) is 4.30. The Kier molecular flexibility index (Phi) is 3.05. The van der Waals surface area contributed by atoms with Crippen LogP contribution < -0.4 is 0 Å². The topological polar surface area (TPSA) is 17.8 Å². The number of hydrogen-bond acceptors (Lipinski definition) is 1. The quantitative estimate of drug-likeness (QED) is 0.669. The normalized spacial score (nSPS) is 11.4. The first-order valence-corrected chi connectivity index (χ1v) is 6.78. The third-order valence-electron chi connectivity index (χ3n) is 3.60. The van der Waals surface area contributed by atoms with Crippen LogP contribution in [0.2, 0.25) is 0 Å². The van der Waals surface area contributed by atoms with Crippen molar-refractivity contribution in [1.82, 2.24) is 9.78 Å². The maximum absolute atomic E-state index is 14.2. The van der Waals surface area contributed by atoms with E-state index in [0.29, 0.717) is 17.0 Å². The van der Waals surface area contributed by atoms with Crippen LogP contribution in [-0.4, -0.2) is 9.78 Å². The van der Waals surface area contributed by atoms with E-state index < -0.39 is 0 Å². The highest BCUT2D eigenvalue weighted by Crippen LogP contribution is 2.28. The molecule has 3 heteroatoms. The fourth-order valence-electron chi connectivity index (χ4n) is 2.44. The Morgan fingerprint density at radius 2 is 1.80 bits per heavy atom. The summed E-state index contributed by atoms with van der Waals surface area (Å²) >= 11 is 0. The maximum atomic E-state index is 14.2. The lowest BCUT2D eigenvalue weighted by Crippen LogP contribution is -1.89. The van der Waals surface area contributed by atoms with Crippen LogP contribution in [0.25, 0.3) is 22.0 Å². The van der Waals surface area contributed by atoms with Gasteiger partial charge < -0.3 is 0 Å². The predicted octanol–water partition coefficient (Wildman–Crippen LogP) is 4.50. The molecule has 0 fully saturated rings. The van der Waals surface area contributed by atoms with Crippen LogP contribution in [0.15, 0.2) is 42.6 Å². The second kappa shape index (κ2) is 4.75. The van der Waals surface area contributed by atoms with Crippen LogP contribution in [0.1, 0.15) is 25.3 Å². The number of nitrogens with zero attached hydrogens (tertiary/aromatic N) is 2. The SMILES string of the molecule is CC(C)c1ccc(-c2cc3cn(C)nc3cc2F)cc1. The van der Waals surface area contributed by atoms with Crippen molar-refractivity contribution in [3.05, 3.63) is 54.0 Å². The molecule has 3 aromatic rings. The average Bonchev–Trinajstić information content (AvgIpc) is 2.77. The summed E-state index contributed by atoms with van der Waals surface area (Å²) in [5.74, 6) is 0.253. The van der Waals surface area contributed by atoms with Crippen LogP contribution in [0.4, 0.5) is 4.39 Å². The van der Waals surface area contributed by atoms with Crippen molar-refractivity contribution in [2.75, 3.05) is 0 Å². The monoisotopic (exact) mass is 268 g/mol. The van der Waals surface area contributed by atoms with Crippen LogP contribution in [0, 0.1) is 5.82 Å². The van der Waals surface area contributed by atoms with E-state index in [9.17, 15) is 4.39 Å². The lowest BCUT2D eigenvalue weighted by atomic mass is 9.98. The number of halogens is 1. The molecule has 0 saturated heterocycles. The van der Waals surface area contributed by atoms with Crippen LogP contribution >= 0.6 is 0 Å². The molecule has 20 heavy (non-hydrogen) atoms. The molecule has 2 nitrogen and oxygen atoms in total. The van der Waals surface area contributed by atoms with Crippen LogP contribution in [0.3, 0.4) is 0 Å². The number of aromatic nitrogens is 2. The second-order valence-electron chi connectivity index (χ2n) is 5.47. The molecule has 3 rings (SSSR count). The molecular weight excluding hydrogens is 251 g/mol. The van der Waals surface area contributed by atoms with E-state index in [1.54, 1.807) is 4.68 Å². The van der Waals surface area contributed by atoms with Gasteiger partial charge in [0.05, 0.1) is 5.52 Å². The van der Waals surface area contributed by atoms with Gasteiger partial charge in [0.2, 0.25) is 0 Å². The van der Waals surface area contributed by atoms with Crippen molar-refractivity contribution in [2.45, 2.75) is 19.8 Å². The van der Waals surface area contributed by atoms with E-state index in [1.807, 2.05) is 31.4 Å².